The van der Waals surface area contributed by atoms with Crippen molar-refractivity contribution in [2.24, 2.45) is 0 Å². The largest absolute Gasteiger partial charge is 0.394 e. The van der Waals surface area contributed by atoms with Gasteiger partial charge in [-0.25, -0.2) is 4.98 Å². The van der Waals surface area contributed by atoms with Crippen LogP contribution in [0.1, 0.15) is 42.7 Å². The minimum absolute atomic E-state index is 0.0956. The molecule has 17 heavy (non-hydrogen) atoms. The Morgan fingerprint density at radius 2 is 2.12 bits per heavy atom. The first kappa shape index (κ1) is 13.9. The molecular formula is C12H17ClN2O2. The predicted molar refractivity (Wildman–Crippen MR) is 67.4 cm³/mol. The van der Waals surface area contributed by atoms with Crippen molar-refractivity contribution in [3.05, 3.63) is 28.5 Å². The maximum absolute atomic E-state index is 11.8. The Bertz CT molecular complexity index is 407. The molecule has 2 N–H and O–H groups in total. The van der Waals surface area contributed by atoms with Gasteiger partial charge in [0.05, 0.1) is 6.61 Å². The van der Waals surface area contributed by atoms with Gasteiger partial charge in [-0.3, -0.25) is 4.79 Å². The molecule has 0 aliphatic carbocycles. The van der Waals surface area contributed by atoms with E-state index in [-0.39, 0.29) is 24.5 Å². The number of rotatable bonds is 4. The number of carbonyl (C=O) groups excluding carboxylic acids is 1. The van der Waals surface area contributed by atoms with Gasteiger partial charge in [-0.15, -0.1) is 0 Å². The third-order valence-corrected chi connectivity index (χ3v) is 2.51. The quantitative estimate of drug-likeness (QED) is 0.810. The van der Waals surface area contributed by atoms with E-state index in [9.17, 15) is 4.79 Å². The monoisotopic (exact) mass is 256 g/mol. The van der Waals surface area contributed by atoms with E-state index in [1.807, 2.05) is 13.8 Å². The van der Waals surface area contributed by atoms with Gasteiger partial charge >= 0.3 is 0 Å². The topological polar surface area (TPSA) is 62.2 Å². The van der Waals surface area contributed by atoms with Gasteiger partial charge in [0.25, 0.3) is 5.91 Å². The lowest BCUT2D eigenvalue weighted by molar-refractivity contribution is 0.0922. The minimum atomic E-state index is -0.281. The molecular weight excluding hydrogens is 240 g/mol. The summed E-state index contributed by atoms with van der Waals surface area (Å²) in [4.78, 5) is 16.0. The van der Waals surface area contributed by atoms with Gasteiger partial charge in [-0.2, -0.15) is 0 Å². The summed E-state index contributed by atoms with van der Waals surface area (Å²) >= 11 is 5.87. The Kier molecular flexibility index (Phi) is 4.90. The number of halogens is 1. The fourth-order valence-corrected chi connectivity index (χ4v) is 1.51. The molecule has 0 aliphatic rings. The first-order valence-corrected chi connectivity index (χ1v) is 5.91. The molecule has 1 heterocycles. The third-order valence-electron chi connectivity index (χ3n) is 2.32. The van der Waals surface area contributed by atoms with Crippen molar-refractivity contribution < 1.29 is 9.90 Å². The lowest BCUT2D eigenvalue weighted by atomic mass is 10.1. The Balaban J connectivity index is 2.93. The Morgan fingerprint density at radius 3 is 2.65 bits per heavy atom. The summed E-state index contributed by atoms with van der Waals surface area (Å²) in [5.41, 5.74) is 1.24. The average molecular weight is 257 g/mol. The van der Waals surface area contributed by atoms with Gasteiger partial charge in [0.15, 0.2) is 0 Å². The molecule has 5 heteroatoms. The summed E-state index contributed by atoms with van der Waals surface area (Å²) in [6, 6.07) is 2.96. The SMILES string of the molecule is CC(C)c1cc(C(=O)N[C@@H](C)CO)cc(Cl)n1. The first-order valence-electron chi connectivity index (χ1n) is 5.53. The van der Waals surface area contributed by atoms with E-state index in [1.165, 1.54) is 6.07 Å². The normalized spacial score (nSPS) is 12.6. The number of pyridine rings is 1. The molecule has 1 rings (SSSR count). The van der Waals surface area contributed by atoms with Crippen molar-refractivity contribution in [2.75, 3.05) is 6.61 Å². The van der Waals surface area contributed by atoms with E-state index in [0.29, 0.717) is 10.7 Å². The van der Waals surface area contributed by atoms with E-state index in [0.717, 1.165) is 5.69 Å². The number of aromatic nitrogens is 1. The predicted octanol–water partition coefficient (Wildman–Crippen LogP) is 1.97. The Morgan fingerprint density at radius 1 is 1.47 bits per heavy atom. The Hall–Kier alpha value is -1.13. The van der Waals surface area contributed by atoms with E-state index < -0.39 is 0 Å². The molecule has 1 aromatic rings. The second-order valence-electron chi connectivity index (χ2n) is 4.32. The van der Waals surface area contributed by atoms with Crippen LogP contribution in [0.3, 0.4) is 0 Å². The minimum Gasteiger partial charge on any atom is -0.394 e. The zero-order chi connectivity index (χ0) is 13.0. The summed E-state index contributed by atoms with van der Waals surface area (Å²) in [5, 5.41) is 11.8. The maximum Gasteiger partial charge on any atom is 0.251 e. The summed E-state index contributed by atoms with van der Waals surface area (Å²) in [6.45, 7) is 5.60. The zero-order valence-corrected chi connectivity index (χ0v) is 11.0. The molecule has 0 aliphatic heterocycles. The molecule has 0 saturated heterocycles. The summed E-state index contributed by atoms with van der Waals surface area (Å²) < 4.78 is 0. The van der Waals surface area contributed by atoms with Crippen molar-refractivity contribution in [2.45, 2.75) is 32.7 Å². The van der Waals surface area contributed by atoms with Gasteiger partial charge in [0.1, 0.15) is 5.15 Å². The van der Waals surface area contributed by atoms with E-state index in [4.69, 9.17) is 16.7 Å². The van der Waals surface area contributed by atoms with Crippen LogP contribution in [0.5, 0.6) is 0 Å². The number of carbonyl (C=O) groups is 1. The highest BCUT2D eigenvalue weighted by atomic mass is 35.5. The Labute approximate surface area is 106 Å². The van der Waals surface area contributed by atoms with Gasteiger partial charge < -0.3 is 10.4 Å². The number of nitrogens with zero attached hydrogens (tertiary/aromatic N) is 1. The number of nitrogens with one attached hydrogen (secondary N) is 1. The standard InChI is InChI=1S/C12H17ClN2O2/c1-7(2)10-4-9(5-11(13)15-10)12(17)14-8(3)6-16/h4-5,7-8,16H,6H2,1-3H3,(H,14,17)/t8-/m0/s1. The van der Waals surface area contributed by atoms with Crippen molar-refractivity contribution in [3.63, 3.8) is 0 Å². The number of hydrogen-bond donors (Lipinski definition) is 2. The molecule has 4 nitrogen and oxygen atoms in total. The summed E-state index contributed by atoms with van der Waals surface area (Å²) in [5.74, 6) is -0.0479. The van der Waals surface area contributed by atoms with Crippen LogP contribution in [0.2, 0.25) is 5.15 Å². The van der Waals surface area contributed by atoms with E-state index in [1.54, 1.807) is 13.0 Å². The van der Waals surface area contributed by atoms with Crippen LogP contribution in [-0.2, 0) is 0 Å². The van der Waals surface area contributed by atoms with Crippen molar-refractivity contribution in [3.8, 4) is 0 Å². The fraction of sp³-hybridized carbons (Fsp3) is 0.500. The number of aliphatic hydroxyl groups is 1. The molecule has 0 spiro atoms. The number of amides is 1. The number of hydrogen-bond acceptors (Lipinski definition) is 3. The maximum atomic E-state index is 11.8. The lowest BCUT2D eigenvalue weighted by Gasteiger charge is -2.12. The van der Waals surface area contributed by atoms with Crippen LogP contribution in [-0.4, -0.2) is 28.6 Å². The summed E-state index contributed by atoms with van der Waals surface area (Å²) in [7, 11) is 0. The van der Waals surface area contributed by atoms with Crippen molar-refractivity contribution in [1.82, 2.24) is 10.3 Å². The third kappa shape index (κ3) is 3.98. The van der Waals surface area contributed by atoms with E-state index in [2.05, 4.69) is 10.3 Å². The van der Waals surface area contributed by atoms with Crippen LogP contribution < -0.4 is 5.32 Å². The van der Waals surface area contributed by atoms with Crippen LogP contribution in [0.4, 0.5) is 0 Å². The van der Waals surface area contributed by atoms with Crippen molar-refractivity contribution in [1.29, 1.82) is 0 Å². The van der Waals surface area contributed by atoms with Gasteiger partial charge in [0.2, 0.25) is 0 Å². The molecule has 1 amide bonds. The molecule has 1 aromatic heterocycles. The molecule has 0 bridgehead atoms. The molecule has 0 radical (unpaired) electrons. The van der Waals surface area contributed by atoms with Crippen LogP contribution in [0.25, 0.3) is 0 Å². The molecule has 1 atom stereocenters. The van der Waals surface area contributed by atoms with E-state index >= 15 is 0 Å². The van der Waals surface area contributed by atoms with Gasteiger partial charge in [-0.05, 0) is 25.0 Å². The zero-order valence-electron chi connectivity index (χ0n) is 10.2. The molecule has 0 fully saturated rings. The highest BCUT2D eigenvalue weighted by Gasteiger charge is 2.12. The molecule has 0 saturated carbocycles. The van der Waals surface area contributed by atoms with Crippen LogP contribution >= 0.6 is 11.6 Å². The van der Waals surface area contributed by atoms with Crippen LogP contribution in [0.15, 0.2) is 12.1 Å². The van der Waals surface area contributed by atoms with Gasteiger partial charge in [0, 0.05) is 17.3 Å². The lowest BCUT2D eigenvalue weighted by Crippen LogP contribution is -2.35. The second-order valence-corrected chi connectivity index (χ2v) is 4.70. The highest BCUT2D eigenvalue weighted by Crippen LogP contribution is 2.17. The molecule has 0 unspecified atom stereocenters. The first-order chi connectivity index (χ1) is 7.93. The molecule has 94 valence electrons. The number of aliphatic hydroxyl groups excluding tert-OH is 1. The van der Waals surface area contributed by atoms with Crippen LogP contribution in [0, 0.1) is 0 Å². The second kappa shape index (κ2) is 5.98. The fourth-order valence-electron chi connectivity index (χ4n) is 1.30. The smallest absolute Gasteiger partial charge is 0.251 e. The summed E-state index contributed by atoms with van der Waals surface area (Å²) in [6.07, 6.45) is 0. The average Bonchev–Trinajstić information content (AvgIpc) is 2.27. The van der Waals surface area contributed by atoms with Crippen molar-refractivity contribution >= 4 is 17.5 Å². The highest BCUT2D eigenvalue weighted by molar-refractivity contribution is 6.29. The van der Waals surface area contributed by atoms with Gasteiger partial charge in [-0.1, -0.05) is 25.4 Å². The molecule has 0 aromatic carbocycles.